The van der Waals surface area contributed by atoms with Crippen molar-refractivity contribution in [3.63, 3.8) is 0 Å². The lowest BCUT2D eigenvalue weighted by atomic mass is 9.89. The van der Waals surface area contributed by atoms with Gasteiger partial charge in [-0.05, 0) is 35.7 Å². The van der Waals surface area contributed by atoms with Crippen LogP contribution in [-0.4, -0.2) is 35.0 Å². The molecule has 4 nitrogen and oxygen atoms in total. The molecule has 1 heterocycles. The van der Waals surface area contributed by atoms with Crippen molar-refractivity contribution in [3.8, 4) is 0 Å². The van der Waals surface area contributed by atoms with Gasteiger partial charge in [-0.1, -0.05) is 30.3 Å². The van der Waals surface area contributed by atoms with E-state index in [0.717, 1.165) is 23.8 Å². The van der Waals surface area contributed by atoms with Crippen molar-refractivity contribution in [1.82, 2.24) is 4.90 Å². The molecule has 2 aromatic carbocycles. The Morgan fingerprint density at radius 1 is 1.08 bits per heavy atom. The Labute approximate surface area is 150 Å². The first kappa shape index (κ1) is 18.0. The van der Waals surface area contributed by atoms with Gasteiger partial charge in [-0.15, -0.1) is 0 Å². The number of aliphatic carboxylic acids is 1. The molecule has 0 aliphatic carbocycles. The van der Waals surface area contributed by atoms with Crippen LogP contribution in [0.15, 0.2) is 48.5 Å². The highest BCUT2D eigenvalue weighted by molar-refractivity contribution is 5.80. The summed E-state index contributed by atoms with van der Waals surface area (Å²) >= 11 is 0. The minimum atomic E-state index is -0.940. The molecule has 1 aliphatic heterocycles. The van der Waals surface area contributed by atoms with E-state index in [1.807, 2.05) is 30.3 Å². The Hall–Kier alpha value is -2.76. The van der Waals surface area contributed by atoms with Crippen LogP contribution in [-0.2, 0) is 16.0 Å². The van der Waals surface area contributed by atoms with Crippen LogP contribution in [0.3, 0.4) is 0 Å². The Bertz CT molecular complexity index is 810. The second-order valence-electron chi connectivity index (χ2n) is 6.50. The zero-order valence-corrected chi connectivity index (χ0v) is 14.1. The Kier molecular flexibility index (Phi) is 5.30. The molecular weight excluding hydrogens is 340 g/mol. The number of carbonyl (C=O) groups excluding carboxylic acids is 1. The third kappa shape index (κ3) is 3.90. The van der Waals surface area contributed by atoms with Crippen LogP contribution in [0.2, 0.25) is 0 Å². The average molecular weight is 359 g/mol. The summed E-state index contributed by atoms with van der Waals surface area (Å²) in [6.07, 6.45) is 0.0842. The number of rotatable bonds is 5. The summed E-state index contributed by atoms with van der Waals surface area (Å²) in [5, 5.41) is 9.49. The van der Waals surface area contributed by atoms with Crippen LogP contribution in [0, 0.1) is 17.6 Å². The summed E-state index contributed by atoms with van der Waals surface area (Å²) < 4.78 is 26.9. The summed E-state index contributed by atoms with van der Waals surface area (Å²) in [6, 6.07) is 12.4. The molecule has 1 N–H and O–H groups in total. The predicted molar refractivity (Wildman–Crippen MR) is 91.6 cm³/mol. The van der Waals surface area contributed by atoms with Crippen LogP contribution in [0.1, 0.15) is 23.5 Å². The van der Waals surface area contributed by atoms with Crippen molar-refractivity contribution in [2.45, 2.75) is 18.8 Å². The quantitative estimate of drug-likeness (QED) is 0.892. The largest absolute Gasteiger partial charge is 0.481 e. The number of benzene rings is 2. The van der Waals surface area contributed by atoms with E-state index in [0.29, 0.717) is 6.54 Å². The Morgan fingerprint density at radius 2 is 1.81 bits per heavy atom. The molecule has 2 aromatic rings. The summed E-state index contributed by atoms with van der Waals surface area (Å²) in [5.74, 6) is -3.24. The molecule has 1 aliphatic rings. The van der Waals surface area contributed by atoms with Gasteiger partial charge in [0.05, 0.1) is 5.92 Å². The van der Waals surface area contributed by atoms with Gasteiger partial charge in [0.2, 0.25) is 5.91 Å². The van der Waals surface area contributed by atoms with E-state index in [2.05, 4.69) is 0 Å². The molecule has 1 saturated heterocycles. The van der Waals surface area contributed by atoms with Crippen LogP contribution < -0.4 is 0 Å². The third-order valence-corrected chi connectivity index (χ3v) is 4.83. The summed E-state index contributed by atoms with van der Waals surface area (Å²) in [7, 11) is 0. The molecular formula is C20H19F2NO3. The highest BCUT2D eigenvalue weighted by Crippen LogP contribution is 2.33. The molecule has 0 radical (unpaired) electrons. The van der Waals surface area contributed by atoms with E-state index >= 15 is 0 Å². The molecule has 0 bridgehead atoms. The molecule has 0 spiro atoms. The van der Waals surface area contributed by atoms with Gasteiger partial charge in [-0.3, -0.25) is 9.59 Å². The van der Waals surface area contributed by atoms with Gasteiger partial charge in [0.15, 0.2) is 0 Å². The van der Waals surface area contributed by atoms with E-state index in [-0.39, 0.29) is 36.8 Å². The van der Waals surface area contributed by atoms with Gasteiger partial charge < -0.3 is 10.0 Å². The predicted octanol–water partition coefficient (Wildman–Crippen LogP) is 3.22. The molecule has 0 unspecified atom stereocenters. The van der Waals surface area contributed by atoms with E-state index in [1.54, 1.807) is 0 Å². The minimum Gasteiger partial charge on any atom is -0.481 e. The maximum absolute atomic E-state index is 13.7. The monoisotopic (exact) mass is 359 g/mol. The van der Waals surface area contributed by atoms with Gasteiger partial charge in [0, 0.05) is 25.4 Å². The zero-order chi connectivity index (χ0) is 18.7. The van der Waals surface area contributed by atoms with E-state index in [1.165, 1.54) is 4.90 Å². The number of amides is 1. The fourth-order valence-electron chi connectivity index (χ4n) is 3.43. The van der Waals surface area contributed by atoms with Crippen LogP contribution in [0.5, 0.6) is 0 Å². The van der Waals surface area contributed by atoms with Crippen molar-refractivity contribution in [1.29, 1.82) is 0 Å². The van der Waals surface area contributed by atoms with Crippen molar-refractivity contribution in [2.75, 3.05) is 13.1 Å². The molecule has 0 saturated carbocycles. The van der Waals surface area contributed by atoms with Crippen LogP contribution >= 0.6 is 0 Å². The van der Waals surface area contributed by atoms with Crippen molar-refractivity contribution < 1.29 is 23.5 Å². The topological polar surface area (TPSA) is 57.6 Å². The first-order chi connectivity index (χ1) is 12.5. The van der Waals surface area contributed by atoms with E-state index < -0.39 is 23.5 Å². The molecule has 3 rings (SSSR count). The molecule has 0 aromatic heterocycles. The lowest BCUT2D eigenvalue weighted by Crippen LogP contribution is -2.30. The smallest absolute Gasteiger partial charge is 0.308 e. The summed E-state index contributed by atoms with van der Waals surface area (Å²) in [5.41, 5.74) is 1.03. The van der Waals surface area contributed by atoms with Gasteiger partial charge in [-0.25, -0.2) is 8.78 Å². The van der Waals surface area contributed by atoms with Crippen molar-refractivity contribution >= 4 is 11.9 Å². The number of hydrogen-bond donors (Lipinski definition) is 1. The number of carboxylic acid groups (broad SMARTS) is 1. The third-order valence-electron chi connectivity index (χ3n) is 4.83. The lowest BCUT2D eigenvalue weighted by molar-refractivity contribution is -0.141. The van der Waals surface area contributed by atoms with Gasteiger partial charge >= 0.3 is 5.97 Å². The lowest BCUT2D eigenvalue weighted by Gasteiger charge is -2.16. The van der Waals surface area contributed by atoms with E-state index in [4.69, 9.17) is 0 Å². The summed E-state index contributed by atoms with van der Waals surface area (Å²) in [6.45, 7) is 0.435. The number of aryl methyl sites for hydroxylation is 1. The number of hydrogen-bond acceptors (Lipinski definition) is 2. The molecule has 1 fully saturated rings. The molecule has 6 heteroatoms. The number of likely N-dealkylation sites (tertiary alicyclic amines) is 1. The highest BCUT2D eigenvalue weighted by atomic mass is 19.1. The minimum absolute atomic E-state index is 0.00816. The SMILES string of the molecule is O=C(O)[C@@H]1CN(C(=O)CCc2cc(F)ccc2F)C[C@@H]1c1ccccc1. The molecule has 26 heavy (non-hydrogen) atoms. The fraction of sp³-hybridized carbons (Fsp3) is 0.300. The summed E-state index contributed by atoms with van der Waals surface area (Å²) in [4.78, 5) is 25.6. The molecule has 1 amide bonds. The fourth-order valence-corrected chi connectivity index (χ4v) is 3.43. The molecule has 2 atom stereocenters. The second kappa shape index (κ2) is 7.64. The average Bonchev–Trinajstić information content (AvgIpc) is 3.09. The highest BCUT2D eigenvalue weighted by Gasteiger charge is 2.40. The Morgan fingerprint density at radius 3 is 2.50 bits per heavy atom. The van der Waals surface area contributed by atoms with Gasteiger partial charge in [-0.2, -0.15) is 0 Å². The Balaban J connectivity index is 1.68. The van der Waals surface area contributed by atoms with Gasteiger partial charge in [0.25, 0.3) is 0 Å². The standard InChI is InChI=1S/C20H19F2NO3/c21-15-7-8-18(22)14(10-15)6-9-19(24)23-11-16(17(12-23)20(25)26)13-4-2-1-3-5-13/h1-5,7-8,10,16-17H,6,9,11-12H2,(H,25,26)/t16-,17-/m1/s1. The maximum atomic E-state index is 13.7. The van der Waals surface area contributed by atoms with Crippen LogP contribution in [0.25, 0.3) is 0 Å². The van der Waals surface area contributed by atoms with E-state index in [9.17, 15) is 23.5 Å². The van der Waals surface area contributed by atoms with Crippen molar-refractivity contribution in [3.05, 3.63) is 71.3 Å². The van der Waals surface area contributed by atoms with Crippen LogP contribution in [0.4, 0.5) is 8.78 Å². The maximum Gasteiger partial charge on any atom is 0.308 e. The first-order valence-corrected chi connectivity index (χ1v) is 8.45. The molecule has 136 valence electrons. The number of carbonyl (C=O) groups is 2. The number of nitrogens with zero attached hydrogens (tertiary/aromatic N) is 1. The zero-order valence-electron chi connectivity index (χ0n) is 14.1. The van der Waals surface area contributed by atoms with Gasteiger partial charge in [0.1, 0.15) is 11.6 Å². The second-order valence-corrected chi connectivity index (χ2v) is 6.50. The number of halogens is 2. The van der Waals surface area contributed by atoms with Crippen molar-refractivity contribution in [2.24, 2.45) is 5.92 Å². The number of carboxylic acids is 1. The first-order valence-electron chi connectivity index (χ1n) is 8.45. The normalized spacial score (nSPS) is 19.5.